The molecule has 3 rings (SSSR count). The molecule has 2 aliphatic rings. The molecule has 1 atom stereocenters. The molecule has 1 aliphatic heterocycles. The fourth-order valence-corrected chi connectivity index (χ4v) is 3.66. The second-order valence-electron chi connectivity index (χ2n) is 6.88. The highest BCUT2D eigenvalue weighted by Gasteiger charge is 2.41. The Bertz CT molecular complexity index is 549. The molecule has 0 spiro atoms. The van der Waals surface area contributed by atoms with Crippen molar-refractivity contribution in [2.45, 2.75) is 51.5 Å². The molecule has 118 valence electrons. The van der Waals surface area contributed by atoms with Crippen LogP contribution in [0.15, 0.2) is 30.3 Å². The van der Waals surface area contributed by atoms with Gasteiger partial charge in [0.05, 0.1) is 6.04 Å². The molecule has 22 heavy (non-hydrogen) atoms. The van der Waals surface area contributed by atoms with Gasteiger partial charge in [0.15, 0.2) is 0 Å². The lowest BCUT2D eigenvalue weighted by atomic mass is 9.84. The monoisotopic (exact) mass is 301 g/mol. The second-order valence-corrected chi connectivity index (χ2v) is 6.88. The Morgan fingerprint density at radius 1 is 1.27 bits per heavy atom. The van der Waals surface area contributed by atoms with Gasteiger partial charge in [0.2, 0.25) is 5.91 Å². The second kappa shape index (κ2) is 6.11. The maximum atomic E-state index is 12.6. The van der Waals surface area contributed by atoms with Gasteiger partial charge in [0, 0.05) is 6.42 Å². The molecule has 4 nitrogen and oxygen atoms in total. The first-order valence-electron chi connectivity index (χ1n) is 8.10. The number of benzene rings is 1. The first-order chi connectivity index (χ1) is 10.6. The van der Waals surface area contributed by atoms with Crippen LogP contribution >= 0.6 is 0 Å². The molecule has 2 fully saturated rings. The first-order valence-corrected chi connectivity index (χ1v) is 8.10. The Morgan fingerprint density at radius 2 is 1.95 bits per heavy atom. The zero-order valence-corrected chi connectivity index (χ0v) is 13.1. The van der Waals surface area contributed by atoms with Crippen molar-refractivity contribution in [3.63, 3.8) is 0 Å². The highest BCUT2D eigenvalue weighted by atomic mass is 16.6. The molecule has 1 saturated carbocycles. The summed E-state index contributed by atoms with van der Waals surface area (Å²) in [4.78, 5) is 26.0. The van der Waals surface area contributed by atoms with Crippen LogP contribution in [0.4, 0.5) is 4.79 Å². The quantitative estimate of drug-likeness (QED) is 0.854. The van der Waals surface area contributed by atoms with E-state index in [1.807, 2.05) is 30.3 Å². The number of ether oxygens (including phenoxy) is 1. The summed E-state index contributed by atoms with van der Waals surface area (Å²) in [5.74, 6) is -0.0761. The average molecular weight is 301 g/mol. The Balaban J connectivity index is 1.69. The number of amides is 2. The van der Waals surface area contributed by atoms with E-state index in [2.05, 4.69) is 6.92 Å². The summed E-state index contributed by atoms with van der Waals surface area (Å²) < 4.78 is 5.14. The van der Waals surface area contributed by atoms with Gasteiger partial charge in [-0.15, -0.1) is 0 Å². The molecule has 2 amide bonds. The Morgan fingerprint density at radius 3 is 2.64 bits per heavy atom. The number of carbonyl (C=O) groups excluding carboxylic acids is 2. The average Bonchev–Trinajstić information content (AvgIpc) is 3.07. The molecule has 0 aromatic heterocycles. The van der Waals surface area contributed by atoms with Gasteiger partial charge in [-0.1, -0.05) is 50.1 Å². The van der Waals surface area contributed by atoms with Crippen LogP contribution in [0.3, 0.4) is 0 Å². The summed E-state index contributed by atoms with van der Waals surface area (Å²) in [5, 5.41) is 0. The molecule has 0 bridgehead atoms. The van der Waals surface area contributed by atoms with E-state index in [0.717, 1.165) is 18.4 Å². The maximum absolute atomic E-state index is 12.6. The fraction of sp³-hybridized carbons (Fsp3) is 0.556. The summed E-state index contributed by atoms with van der Waals surface area (Å²) >= 11 is 0. The lowest BCUT2D eigenvalue weighted by Gasteiger charge is -2.26. The maximum Gasteiger partial charge on any atom is 0.416 e. The number of nitrogens with zero attached hydrogens (tertiary/aromatic N) is 1. The van der Waals surface area contributed by atoms with Gasteiger partial charge in [-0.2, -0.15) is 0 Å². The Hall–Kier alpha value is -1.84. The molecule has 0 radical (unpaired) electrons. The Labute approximate surface area is 131 Å². The van der Waals surface area contributed by atoms with Gasteiger partial charge < -0.3 is 4.74 Å². The predicted octanol–water partition coefficient (Wildman–Crippen LogP) is 3.55. The summed E-state index contributed by atoms with van der Waals surface area (Å²) in [5.41, 5.74) is 1.17. The van der Waals surface area contributed by atoms with Crippen molar-refractivity contribution >= 4 is 12.0 Å². The van der Waals surface area contributed by atoms with Crippen LogP contribution in [0.1, 0.15) is 44.6 Å². The molecule has 1 aromatic carbocycles. The molecular formula is C18H23NO3. The minimum absolute atomic E-state index is 0.0528. The van der Waals surface area contributed by atoms with E-state index in [4.69, 9.17) is 4.74 Å². The predicted molar refractivity (Wildman–Crippen MR) is 83.3 cm³/mol. The number of hydrogen-bond donors (Lipinski definition) is 0. The fourth-order valence-electron chi connectivity index (χ4n) is 3.66. The van der Waals surface area contributed by atoms with Gasteiger partial charge in [0.1, 0.15) is 6.61 Å². The van der Waals surface area contributed by atoms with E-state index in [1.54, 1.807) is 0 Å². The summed E-state index contributed by atoms with van der Waals surface area (Å²) in [6, 6.07) is 9.77. The van der Waals surface area contributed by atoms with E-state index in [1.165, 1.54) is 17.7 Å². The number of imide groups is 1. The molecular weight excluding hydrogens is 278 g/mol. The van der Waals surface area contributed by atoms with Crippen molar-refractivity contribution in [1.82, 2.24) is 4.90 Å². The third-order valence-corrected chi connectivity index (χ3v) is 4.93. The number of rotatable bonds is 4. The molecule has 1 aliphatic carbocycles. The standard InChI is InChI=1S/C18H23NO3/c1-18(9-5-6-10-18)12-16(20)19-15(13-22-17(19)21)11-14-7-3-2-4-8-14/h2-4,7-8,15H,5-6,9-13H2,1H3. The van der Waals surface area contributed by atoms with E-state index < -0.39 is 6.09 Å². The van der Waals surface area contributed by atoms with Crippen molar-refractivity contribution in [3.8, 4) is 0 Å². The smallest absolute Gasteiger partial charge is 0.416 e. The molecule has 1 heterocycles. The SMILES string of the molecule is CC1(CC(=O)N2C(=O)OCC2Cc2ccccc2)CCCC1. The minimum atomic E-state index is -0.479. The topological polar surface area (TPSA) is 46.6 Å². The van der Waals surface area contributed by atoms with Gasteiger partial charge in [-0.05, 0) is 30.2 Å². The third kappa shape index (κ3) is 3.16. The van der Waals surface area contributed by atoms with Gasteiger partial charge in [-0.25, -0.2) is 9.69 Å². The van der Waals surface area contributed by atoms with Crippen LogP contribution in [0.25, 0.3) is 0 Å². The minimum Gasteiger partial charge on any atom is -0.447 e. The molecule has 1 saturated heterocycles. The molecule has 1 unspecified atom stereocenters. The molecule has 0 N–H and O–H groups in total. The van der Waals surface area contributed by atoms with Gasteiger partial charge >= 0.3 is 6.09 Å². The lowest BCUT2D eigenvalue weighted by molar-refractivity contribution is -0.131. The van der Waals surface area contributed by atoms with E-state index in [9.17, 15) is 9.59 Å². The number of hydrogen-bond acceptors (Lipinski definition) is 3. The highest BCUT2D eigenvalue weighted by molar-refractivity contribution is 5.93. The largest absolute Gasteiger partial charge is 0.447 e. The summed E-state index contributed by atoms with van der Waals surface area (Å²) in [6.07, 6.45) is 5.15. The van der Waals surface area contributed by atoms with Crippen LogP contribution in [-0.4, -0.2) is 29.5 Å². The van der Waals surface area contributed by atoms with Crippen molar-refractivity contribution in [3.05, 3.63) is 35.9 Å². The number of cyclic esters (lactones) is 1. The van der Waals surface area contributed by atoms with E-state index >= 15 is 0 Å². The van der Waals surface area contributed by atoms with Gasteiger partial charge in [0.25, 0.3) is 0 Å². The summed E-state index contributed by atoms with van der Waals surface area (Å²) in [6.45, 7) is 2.46. The zero-order valence-electron chi connectivity index (χ0n) is 13.1. The van der Waals surface area contributed by atoms with Gasteiger partial charge in [-0.3, -0.25) is 4.79 Å². The summed E-state index contributed by atoms with van der Waals surface area (Å²) in [7, 11) is 0. The van der Waals surface area contributed by atoms with Crippen LogP contribution in [-0.2, 0) is 16.0 Å². The van der Waals surface area contributed by atoms with Crippen LogP contribution in [0.2, 0.25) is 0 Å². The van der Waals surface area contributed by atoms with Crippen molar-refractivity contribution < 1.29 is 14.3 Å². The molecule has 1 aromatic rings. The zero-order chi connectivity index (χ0) is 15.6. The highest BCUT2D eigenvalue weighted by Crippen LogP contribution is 2.41. The van der Waals surface area contributed by atoms with Crippen LogP contribution in [0, 0.1) is 5.41 Å². The van der Waals surface area contributed by atoms with E-state index in [-0.39, 0.29) is 17.4 Å². The molecule has 4 heteroatoms. The number of carbonyl (C=O) groups is 2. The van der Waals surface area contributed by atoms with Crippen molar-refractivity contribution in [2.75, 3.05) is 6.61 Å². The third-order valence-electron chi connectivity index (χ3n) is 4.93. The first kappa shape index (κ1) is 15.1. The van der Waals surface area contributed by atoms with Crippen molar-refractivity contribution in [1.29, 1.82) is 0 Å². The van der Waals surface area contributed by atoms with Crippen LogP contribution in [0.5, 0.6) is 0 Å². The normalized spacial score (nSPS) is 23.6. The van der Waals surface area contributed by atoms with Crippen molar-refractivity contribution in [2.24, 2.45) is 5.41 Å². The lowest BCUT2D eigenvalue weighted by Crippen LogP contribution is -2.42. The van der Waals surface area contributed by atoms with Crippen LogP contribution < -0.4 is 0 Å². The Kier molecular flexibility index (Phi) is 4.19. The van der Waals surface area contributed by atoms with E-state index in [0.29, 0.717) is 19.4 Å².